The van der Waals surface area contributed by atoms with Crippen LogP contribution in [0, 0.1) is 6.92 Å². The average Bonchev–Trinajstić information content (AvgIpc) is 3.21. The zero-order valence-electron chi connectivity index (χ0n) is 12.9. The van der Waals surface area contributed by atoms with E-state index >= 15 is 0 Å². The summed E-state index contributed by atoms with van der Waals surface area (Å²) in [5.74, 6) is -1.26. The molecule has 25 heavy (non-hydrogen) atoms. The van der Waals surface area contributed by atoms with Gasteiger partial charge in [0, 0.05) is 17.8 Å². The Morgan fingerprint density at radius 1 is 1.08 bits per heavy atom. The van der Waals surface area contributed by atoms with Gasteiger partial charge in [-0.25, -0.2) is 9.97 Å². The van der Waals surface area contributed by atoms with Crippen molar-refractivity contribution in [2.45, 2.75) is 13.1 Å². The second kappa shape index (κ2) is 5.40. The quantitative estimate of drug-likeness (QED) is 0.604. The number of alkyl halides is 3. The number of pyridine rings is 2. The molecule has 9 heteroatoms. The molecule has 0 fully saturated rings. The first-order chi connectivity index (χ1) is 11.9. The van der Waals surface area contributed by atoms with Gasteiger partial charge in [0.05, 0.1) is 11.9 Å². The standard InChI is InChI=1S/C16H11F3N6/c1-9-6-10-4-5-25(14(10)21-7-9)11-2-3-12(20-8-11)13-22-15(24-23-13)16(17,18)19/h2-8H,1H3,(H,22,23,24). The lowest BCUT2D eigenvalue weighted by Crippen LogP contribution is -2.07. The molecule has 4 rings (SSSR count). The van der Waals surface area contributed by atoms with Crippen LogP contribution in [0.2, 0.25) is 0 Å². The molecule has 4 heterocycles. The summed E-state index contributed by atoms with van der Waals surface area (Å²) in [5.41, 5.74) is 2.82. The van der Waals surface area contributed by atoms with Gasteiger partial charge in [0.2, 0.25) is 5.82 Å². The molecule has 0 saturated carbocycles. The summed E-state index contributed by atoms with van der Waals surface area (Å²) in [5, 5.41) is 6.44. The number of halogens is 3. The normalized spacial score (nSPS) is 12.0. The van der Waals surface area contributed by atoms with Crippen LogP contribution in [-0.2, 0) is 6.18 Å². The highest BCUT2D eigenvalue weighted by atomic mass is 19.4. The van der Waals surface area contributed by atoms with Gasteiger partial charge in [0.15, 0.2) is 5.82 Å². The summed E-state index contributed by atoms with van der Waals surface area (Å²) in [7, 11) is 0. The van der Waals surface area contributed by atoms with E-state index in [-0.39, 0.29) is 11.5 Å². The Morgan fingerprint density at radius 2 is 1.92 bits per heavy atom. The topological polar surface area (TPSA) is 72.3 Å². The fraction of sp³-hybridized carbons (Fsp3) is 0.125. The van der Waals surface area contributed by atoms with Gasteiger partial charge in [-0.1, -0.05) is 0 Å². The molecule has 4 aromatic heterocycles. The molecule has 0 aliphatic carbocycles. The first-order valence-electron chi connectivity index (χ1n) is 7.32. The SMILES string of the molecule is Cc1cnc2c(ccn2-c2ccc(-c3n[nH]c(C(F)(F)F)n3)nc2)c1. The zero-order valence-corrected chi connectivity index (χ0v) is 12.9. The highest BCUT2D eigenvalue weighted by Gasteiger charge is 2.35. The minimum absolute atomic E-state index is 0.106. The van der Waals surface area contributed by atoms with Gasteiger partial charge < -0.3 is 0 Å². The molecule has 0 atom stereocenters. The van der Waals surface area contributed by atoms with E-state index in [1.54, 1.807) is 24.5 Å². The number of aromatic amines is 1. The Balaban J connectivity index is 1.69. The lowest BCUT2D eigenvalue weighted by molar-refractivity contribution is -0.144. The van der Waals surface area contributed by atoms with Crippen LogP contribution in [0.3, 0.4) is 0 Å². The van der Waals surface area contributed by atoms with E-state index in [0.717, 1.165) is 22.3 Å². The van der Waals surface area contributed by atoms with E-state index in [9.17, 15) is 13.2 Å². The minimum Gasteiger partial charge on any atom is -0.300 e. The molecule has 0 amide bonds. The van der Waals surface area contributed by atoms with Crippen molar-refractivity contribution in [1.29, 1.82) is 0 Å². The minimum atomic E-state index is -4.57. The van der Waals surface area contributed by atoms with Crippen LogP contribution in [0.4, 0.5) is 13.2 Å². The molecule has 0 bridgehead atoms. The van der Waals surface area contributed by atoms with E-state index in [4.69, 9.17) is 0 Å². The molecule has 1 N–H and O–H groups in total. The van der Waals surface area contributed by atoms with Crippen LogP contribution >= 0.6 is 0 Å². The summed E-state index contributed by atoms with van der Waals surface area (Å²) in [4.78, 5) is 12.0. The first-order valence-corrected chi connectivity index (χ1v) is 7.32. The van der Waals surface area contributed by atoms with E-state index in [1.807, 2.05) is 34.9 Å². The Bertz CT molecular complexity index is 1050. The summed E-state index contributed by atoms with van der Waals surface area (Å²) < 4.78 is 39.6. The largest absolute Gasteiger partial charge is 0.451 e. The zero-order chi connectivity index (χ0) is 17.6. The fourth-order valence-corrected chi connectivity index (χ4v) is 2.51. The summed E-state index contributed by atoms with van der Waals surface area (Å²) >= 11 is 0. The van der Waals surface area contributed by atoms with Crippen molar-refractivity contribution >= 4 is 11.0 Å². The van der Waals surface area contributed by atoms with Crippen molar-refractivity contribution in [3.63, 3.8) is 0 Å². The number of H-pyrrole nitrogens is 1. The van der Waals surface area contributed by atoms with Crippen LogP contribution in [0.1, 0.15) is 11.4 Å². The molecule has 6 nitrogen and oxygen atoms in total. The monoisotopic (exact) mass is 344 g/mol. The maximum atomic E-state index is 12.6. The van der Waals surface area contributed by atoms with Crippen LogP contribution in [-0.4, -0.2) is 29.7 Å². The summed E-state index contributed by atoms with van der Waals surface area (Å²) in [6.07, 6.45) is 0.605. The Hall–Kier alpha value is -3.23. The van der Waals surface area contributed by atoms with Crippen LogP contribution < -0.4 is 0 Å². The molecule has 0 aliphatic rings. The van der Waals surface area contributed by atoms with Gasteiger partial charge in [-0.3, -0.25) is 14.6 Å². The van der Waals surface area contributed by atoms with Gasteiger partial charge in [-0.05, 0) is 36.8 Å². The number of hydrogen-bond acceptors (Lipinski definition) is 4. The van der Waals surface area contributed by atoms with Crippen molar-refractivity contribution in [3.05, 3.63) is 54.2 Å². The predicted octanol–water partition coefficient (Wildman–Crippen LogP) is 3.53. The van der Waals surface area contributed by atoms with Crippen molar-refractivity contribution in [2.75, 3.05) is 0 Å². The molecule has 0 radical (unpaired) electrons. The molecule has 0 saturated heterocycles. The third-order valence-electron chi connectivity index (χ3n) is 3.67. The van der Waals surface area contributed by atoms with Crippen LogP contribution in [0.5, 0.6) is 0 Å². The maximum Gasteiger partial charge on any atom is 0.451 e. The number of fused-ring (bicyclic) bond motifs is 1. The highest BCUT2D eigenvalue weighted by molar-refractivity contribution is 5.78. The Labute approximate surface area is 139 Å². The first kappa shape index (κ1) is 15.3. The third-order valence-corrected chi connectivity index (χ3v) is 3.67. The second-order valence-corrected chi connectivity index (χ2v) is 5.52. The second-order valence-electron chi connectivity index (χ2n) is 5.52. The average molecular weight is 344 g/mol. The number of nitrogens with one attached hydrogen (secondary N) is 1. The Kier molecular flexibility index (Phi) is 3.31. The van der Waals surface area contributed by atoms with E-state index in [2.05, 4.69) is 20.1 Å². The number of rotatable bonds is 2. The van der Waals surface area contributed by atoms with Gasteiger partial charge in [0.25, 0.3) is 0 Å². The summed E-state index contributed by atoms with van der Waals surface area (Å²) in [6, 6.07) is 7.26. The number of aryl methyl sites for hydroxylation is 1. The van der Waals surface area contributed by atoms with Crippen molar-refractivity contribution in [3.8, 4) is 17.2 Å². The van der Waals surface area contributed by atoms with Crippen LogP contribution in [0.15, 0.2) is 42.9 Å². The highest BCUT2D eigenvalue weighted by Crippen LogP contribution is 2.27. The lowest BCUT2D eigenvalue weighted by Gasteiger charge is -2.05. The smallest absolute Gasteiger partial charge is 0.300 e. The molecule has 126 valence electrons. The van der Waals surface area contributed by atoms with Crippen LogP contribution in [0.25, 0.3) is 28.2 Å². The van der Waals surface area contributed by atoms with Gasteiger partial charge in [-0.2, -0.15) is 18.3 Å². The molecule has 0 aliphatic heterocycles. The molecule has 0 spiro atoms. The molecule has 4 aromatic rings. The van der Waals surface area contributed by atoms with E-state index in [0.29, 0.717) is 0 Å². The predicted molar refractivity (Wildman–Crippen MR) is 84.0 cm³/mol. The number of hydrogen-bond donors (Lipinski definition) is 1. The molecule has 0 aromatic carbocycles. The fourth-order valence-electron chi connectivity index (χ4n) is 2.51. The van der Waals surface area contributed by atoms with Crippen molar-refractivity contribution < 1.29 is 13.2 Å². The van der Waals surface area contributed by atoms with E-state index < -0.39 is 12.0 Å². The summed E-state index contributed by atoms with van der Waals surface area (Å²) in [6.45, 7) is 1.96. The third kappa shape index (κ3) is 2.73. The maximum absolute atomic E-state index is 12.6. The molecular formula is C16H11F3N6. The van der Waals surface area contributed by atoms with Gasteiger partial charge in [0.1, 0.15) is 11.3 Å². The lowest BCUT2D eigenvalue weighted by atomic mass is 10.2. The molecular weight excluding hydrogens is 333 g/mol. The van der Waals surface area contributed by atoms with Crippen molar-refractivity contribution in [2.24, 2.45) is 0 Å². The molecule has 0 unspecified atom stereocenters. The van der Waals surface area contributed by atoms with Crippen molar-refractivity contribution in [1.82, 2.24) is 29.7 Å². The number of nitrogens with zero attached hydrogens (tertiary/aromatic N) is 5. The number of aromatic nitrogens is 6. The van der Waals surface area contributed by atoms with Gasteiger partial charge >= 0.3 is 6.18 Å². The van der Waals surface area contributed by atoms with E-state index in [1.165, 1.54) is 0 Å². The van der Waals surface area contributed by atoms with Gasteiger partial charge in [-0.15, -0.1) is 0 Å². The Morgan fingerprint density at radius 3 is 2.60 bits per heavy atom.